The third-order valence-electron chi connectivity index (χ3n) is 19.7. The molecule has 2 unspecified atom stereocenters. The molecule has 6 rings (SSSR count). The largest absolute Gasteiger partial charge is 0.493 e. The van der Waals surface area contributed by atoms with Crippen molar-refractivity contribution in [3.05, 3.63) is 97.4 Å². The van der Waals surface area contributed by atoms with Crippen molar-refractivity contribution < 1.29 is 24.4 Å². The fraction of sp³-hybridized carbons (Fsp3) is 0.310. The predicted octanol–water partition coefficient (Wildman–Crippen LogP) is -17.7. The summed E-state index contributed by atoms with van der Waals surface area (Å²) in [6.07, 6.45) is -32.2. The Morgan fingerprint density at radius 3 is 1.00 bits per heavy atom. The van der Waals surface area contributed by atoms with Gasteiger partial charge in [0.1, 0.15) is 17.6 Å². The standard InChI is InChI=1S/C14H14N2O4.C14H12N2O3.CH4.B62/c17-14(12-2-1-6-15-12)10-5-7-20-13-4-3-9(16(18)19)8-11(10)13;17-16(18)12-3-4-14-13(9-12)10(5-7-19-14)8-11-2-1-6-15-11;;1-33(2)49(34(3)4)57(50(35(5)6)36(7)8)61(58(51(37(9)10)38(11)12)52(39(13)14)40(15)16)62(59(53(41(17)18)42(19)20)54(43(21)22)44(23)24)60(55(45(25)26)46(27)28)56(47(29)30)48(31)32/h2-4,6,8,10,14,17H,1,5,7H2;2-4,6,8-9H,1,5,7H2;1H4;/b;10-8+;;. The van der Waals surface area contributed by atoms with Crippen molar-refractivity contribution in [1.82, 2.24) is 0 Å². The fourth-order valence-corrected chi connectivity index (χ4v) is 15.6. The third-order valence-corrected chi connectivity index (χ3v) is 19.7. The van der Waals surface area contributed by atoms with Crippen molar-refractivity contribution in [3.63, 3.8) is 0 Å². The van der Waals surface area contributed by atoms with Gasteiger partial charge in [0, 0.05) is 512 Å². The van der Waals surface area contributed by atoms with E-state index in [1.54, 1.807) is 24.4 Å². The second kappa shape index (κ2) is 44.4. The van der Waals surface area contributed by atoms with Gasteiger partial charge in [-0.05, 0) is 30.2 Å². The van der Waals surface area contributed by atoms with E-state index in [0.29, 0.717) is 42.4 Å². The lowest BCUT2D eigenvalue weighted by Crippen LogP contribution is -2.97. The second-order valence-corrected chi connectivity index (χ2v) is 26.5. The average Bonchev–Trinajstić information content (AvgIpc) is 0.778. The van der Waals surface area contributed by atoms with Gasteiger partial charge in [-0.15, -0.1) is 0 Å². The van der Waals surface area contributed by atoms with Crippen LogP contribution in [-0.4, -0.2) is 486 Å². The molecule has 1 N–H and O–H groups in total. The van der Waals surface area contributed by atoms with E-state index in [-0.39, 0.29) is 29.6 Å². The minimum absolute atomic E-state index is 0. The van der Waals surface area contributed by atoms with Crippen LogP contribution in [0.25, 0.3) is 5.57 Å². The van der Waals surface area contributed by atoms with Crippen LogP contribution in [0.5, 0.6) is 11.5 Å². The number of rotatable bonds is 34. The smallest absolute Gasteiger partial charge is 0.270 e. The molecule has 11 nitrogen and oxygen atoms in total. The van der Waals surface area contributed by atoms with Crippen LogP contribution in [0.4, 0.5) is 11.4 Å². The zero-order chi connectivity index (χ0) is 76.7. The van der Waals surface area contributed by atoms with Crippen LogP contribution in [0.15, 0.2) is 76.0 Å². The van der Waals surface area contributed by atoms with E-state index >= 15 is 0 Å². The molecule has 0 aliphatic carbocycles. The first-order valence-corrected chi connectivity index (χ1v) is 32.9. The highest BCUT2D eigenvalue weighted by atomic mass is 16.6. The molecule has 4 aliphatic rings. The number of nitro benzene ring substituents is 2. The first kappa shape index (κ1) is 95.6. The highest BCUT2D eigenvalue weighted by Crippen LogP contribution is 2.41. The minimum atomic E-state index is -1.56. The van der Waals surface area contributed by atoms with Crippen LogP contribution in [-0.2, 0) is 0 Å². The lowest BCUT2D eigenvalue weighted by Gasteiger charge is -2.59. The highest BCUT2D eigenvalue weighted by Gasteiger charge is 2.63. The number of benzene rings is 2. The van der Waals surface area contributed by atoms with E-state index in [4.69, 9.17) is 257 Å². The summed E-state index contributed by atoms with van der Waals surface area (Å²) < 4.78 is 11.0. The molecule has 0 spiro atoms. The van der Waals surface area contributed by atoms with Gasteiger partial charge in [0.15, 0.2) is 0 Å². The number of ether oxygens (including phenoxy) is 2. The number of allylic oxidation sites excluding steroid dienone is 3. The van der Waals surface area contributed by atoms with Gasteiger partial charge in [0.25, 0.3) is 11.4 Å². The number of aliphatic hydroxyl groups is 1. The van der Waals surface area contributed by atoms with E-state index in [1.165, 1.54) is 18.2 Å². The lowest BCUT2D eigenvalue weighted by molar-refractivity contribution is -0.385. The van der Waals surface area contributed by atoms with Crippen molar-refractivity contribution in [2.75, 3.05) is 13.2 Å². The molecule has 4 heterocycles. The lowest BCUT2D eigenvalue weighted by atomic mass is 8.22. The quantitative estimate of drug-likeness (QED) is 0.0416. The number of nitro groups is 2. The zero-order valence-corrected chi connectivity index (χ0v) is 56.7. The van der Waals surface area contributed by atoms with Gasteiger partial charge in [-0.1, -0.05) is 19.6 Å². The number of nitrogens with zero attached hydrogens (tertiary/aromatic N) is 4. The number of non-ortho nitro benzene ring substituents is 2. The van der Waals surface area contributed by atoms with Crippen LogP contribution < -0.4 is 9.47 Å². The van der Waals surface area contributed by atoms with Crippen LogP contribution in [0.1, 0.15) is 50.2 Å². The molecule has 0 fully saturated rings. The van der Waals surface area contributed by atoms with E-state index in [2.05, 4.69) is 9.98 Å². The molecule has 2 aromatic carbocycles. The summed E-state index contributed by atoms with van der Waals surface area (Å²) in [7, 11) is 212. The molecular formula is C29H30B62N4O7. The third kappa shape index (κ3) is 25.2. The SMILES string of the molecule is C.O=[N+]([O-])c1ccc2c(c1)/C(=C/C1=CCC=N1)CCO2.O=[N+]([O-])c1ccc2c(c1)C(C(O)C1=CCC=N1)CCO2.[B]B([B])B(B([B])[B])B(B(B([B])[B])B([B])[B])B(B(B(B([B])[B])B([B])[B])B(B([B])[B])B([B])[B])B(B(B(B([B])[B])B([B])[B])B(B([B])[B])B([B])[B])B(B(B([B])[B])B([B])[B])B(B([B])[B])B([B])[B]. The summed E-state index contributed by atoms with van der Waals surface area (Å²) in [5.41, 5.74) is 4.15. The van der Waals surface area contributed by atoms with Gasteiger partial charge in [0.2, 0.25) is 0 Å². The van der Waals surface area contributed by atoms with Crippen molar-refractivity contribution in [2.24, 2.45) is 9.98 Å². The molecule has 64 radical (unpaired) electrons. The average molecular weight is 1220 g/mol. The van der Waals surface area contributed by atoms with Gasteiger partial charge in [-0.25, -0.2) is 0 Å². The van der Waals surface area contributed by atoms with Gasteiger partial charge >= 0.3 is 0 Å². The Balaban J connectivity index is 0.000000532. The second-order valence-electron chi connectivity index (χ2n) is 26.5. The summed E-state index contributed by atoms with van der Waals surface area (Å²) in [5.74, 6) is 1.08. The Bertz CT molecular complexity index is 2770. The molecule has 102 heavy (non-hydrogen) atoms. The van der Waals surface area contributed by atoms with Crippen molar-refractivity contribution in [3.8, 4) is 11.5 Å². The summed E-state index contributed by atoms with van der Waals surface area (Å²) in [6, 6.07) is 9.20. The molecule has 0 amide bonds. The maximum atomic E-state index is 10.9. The molecule has 2 aromatic rings. The van der Waals surface area contributed by atoms with Crippen LogP contribution in [0.2, 0.25) is 0 Å². The van der Waals surface area contributed by atoms with Gasteiger partial charge in [-0.3, -0.25) is 30.2 Å². The molecule has 0 bridgehead atoms. The Labute approximate surface area is 664 Å². The summed E-state index contributed by atoms with van der Waals surface area (Å²) in [6.45, 7) is 1.08. The number of hydrogen-bond donors (Lipinski definition) is 1. The molecule has 0 aromatic heterocycles. The first-order valence-electron chi connectivity index (χ1n) is 32.9. The van der Waals surface area contributed by atoms with E-state index in [1.807, 2.05) is 24.4 Å². The first-order chi connectivity index (χ1) is 47.0. The van der Waals surface area contributed by atoms with E-state index < -0.39 is 203 Å². The number of aliphatic imine (C=N–C) groups is 2. The van der Waals surface area contributed by atoms with Gasteiger partial charge < -0.3 is 14.6 Å². The molecular weight excluding hydrogens is 1190 g/mol. The normalized spacial score (nSPS) is 13.7. The number of fused-ring (bicyclic) bond motifs is 2. The Morgan fingerprint density at radius 1 is 0.412 bits per heavy atom. The molecule has 2 atom stereocenters. The van der Waals surface area contributed by atoms with Crippen molar-refractivity contribution in [2.45, 2.75) is 45.1 Å². The summed E-state index contributed by atoms with van der Waals surface area (Å²) in [4.78, 5) is 29.3. The molecule has 394 valence electrons. The summed E-state index contributed by atoms with van der Waals surface area (Å²) in [5, 5.41) is 32.2. The minimum Gasteiger partial charge on any atom is -0.493 e. The highest BCUT2D eigenvalue weighted by molar-refractivity contribution is 8.38. The maximum absolute atomic E-state index is 10.9. The number of aliphatic hydroxyl groups excluding tert-OH is 1. The van der Waals surface area contributed by atoms with Gasteiger partial charge in [-0.2, -0.15) is 0 Å². The Morgan fingerprint density at radius 2 is 0.706 bits per heavy atom. The predicted molar refractivity (Wildman–Crippen MR) is 509 cm³/mol. The maximum Gasteiger partial charge on any atom is 0.270 e. The van der Waals surface area contributed by atoms with Crippen molar-refractivity contribution >= 4 is 469 Å². The topological polar surface area (TPSA) is 150 Å². The van der Waals surface area contributed by atoms with E-state index in [0.717, 1.165) is 36.1 Å². The molecule has 4 aliphatic heterocycles. The van der Waals surface area contributed by atoms with E-state index in [9.17, 15) is 25.3 Å². The Hall–Kier alpha value is -0.614. The van der Waals surface area contributed by atoms with Crippen molar-refractivity contribution in [1.29, 1.82) is 0 Å². The van der Waals surface area contributed by atoms with Crippen LogP contribution in [0, 0.1) is 20.2 Å². The molecule has 0 saturated heterocycles. The monoisotopic (exact) mass is 1230 g/mol. The van der Waals surface area contributed by atoms with Crippen LogP contribution >= 0.6 is 0 Å². The van der Waals surface area contributed by atoms with Gasteiger partial charge in [0.05, 0.1) is 34.5 Å². The van der Waals surface area contributed by atoms with Crippen LogP contribution in [0.3, 0.4) is 0 Å². The zero-order valence-electron chi connectivity index (χ0n) is 56.7. The number of hydrogen-bond acceptors (Lipinski definition) is 9. The summed E-state index contributed by atoms with van der Waals surface area (Å²) >= 11 is 0. The fourth-order valence-electron chi connectivity index (χ4n) is 15.6. The molecule has 73 heteroatoms. The Kier molecular flexibility index (Phi) is 41.6. The molecule has 0 saturated carbocycles.